The molecule has 5 nitrogen and oxygen atoms in total. The van der Waals surface area contributed by atoms with E-state index in [-0.39, 0.29) is 5.97 Å². The quantitative estimate of drug-likeness (QED) is 0.573. The minimum atomic E-state index is -0.519. The van der Waals surface area contributed by atoms with Crippen LogP contribution < -0.4 is 5.73 Å². The minimum absolute atomic E-state index is 0.326. The first-order valence-electron chi connectivity index (χ1n) is 5.12. The van der Waals surface area contributed by atoms with Gasteiger partial charge in [0.05, 0.1) is 12.8 Å². The zero-order valence-corrected chi connectivity index (χ0v) is 10.0. The minimum Gasteiger partial charge on any atom is -0.465 e. The van der Waals surface area contributed by atoms with Crippen LogP contribution in [0.15, 0.2) is 17.0 Å². The van der Waals surface area contributed by atoms with Crippen molar-refractivity contribution < 1.29 is 14.1 Å². The normalized spacial score (nSPS) is 12.4. The number of rotatable bonds is 7. The van der Waals surface area contributed by atoms with Gasteiger partial charge >= 0.3 is 5.97 Å². The summed E-state index contributed by atoms with van der Waals surface area (Å²) in [7, 11) is 0. The second-order valence-corrected chi connectivity index (χ2v) is 4.34. The number of hydrogen-bond acceptors (Lipinski definition) is 6. The molecule has 0 bridgehead atoms. The number of nitrogens with two attached hydrogens (primary N) is 1. The van der Waals surface area contributed by atoms with Gasteiger partial charge in [0.25, 0.3) is 0 Å². The van der Waals surface area contributed by atoms with Crippen LogP contribution in [0.25, 0.3) is 0 Å². The maximum Gasteiger partial charge on any atom is 0.322 e. The predicted octanol–water partition coefficient (Wildman–Crippen LogP) is 1.19. The van der Waals surface area contributed by atoms with Gasteiger partial charge < -0.3 is 15.0 Å². The first-order chi connectivity index (χ1) is 7.74. The summed E-state index contributed by atoms with van der Waals surface area (Å²) in [5.74, 6) is 1.30. The molecule has 0 aliphatic heterocycles. The van der Waals surface area contributed by atoms with Crippen molar-refractivity contribution in [3.8, 4) is 0 Å². The topological polar surface area (TPSA) is 78.4 Å². The fourth-order valence-electron chi connectivity index (χ4n) is 1.07. The van der Waals surface area contributed by atoms with Gasteiger partial charge in [0.15, 0.2) is 0 Å². The fourth-order valence-corrected chi connectivity index (χ4v) is 2.01. The Bertz CT molecular complexity index is 303. The molecule has 1 aromatic heterocycles. The number of carbonyl (C=O) groups excluding carboxylic acids is 1. The van der Waals surface area contributed by atoms with E-state index < -0.39 is 6.04 Å². The maximum atomic E-state index is 11.2. The van der Waals surface area contributed by atoms with E-state index in [0.717, 1.165) is 17.1 Å². The Morgan fingerprint density at radius 2 is 2.56 bits per heavy atom. The van der Waals surface area contributed by atoms with Gasteiger partial charge in [-0.05, 0) is 19.1 Å². The molecule has 6 heteroatoms. The van der Waals surface area contributed by atoms with Crippen molar-refractivity contribution in [2.45, 2.75) is 25.1 Å². The van der Waals surface area contributed by atoms with Crippen LogP contribution in [0, 0.1) is 0 Å². The number of hydrogen-bond donors (Lipinski definition) is 1. The summed E-state index contributed by atoms with van der Waals surface area (Å²) in [6.07, 6.45) is 3.91. The van der Waals surface area contributed by atoms with E-state index in [1.807, 2.05) is 0 Å². The molecule has 1 atom stereocenters. The van der Waals surface area contributed by atoms with Gasteiger partial charge in [-0.25, -0.2) is 0 Å². The lowest BCUT2D eigenvalue weighted by Crippen LogP contribution is -2.32. The highest BCUT2D eigenvalue weighted by atomic mass is 32.2. The van der Waals surface area contributed by atoms with Gasteiger partial charge in [0.2, 0.25) is 0 Å². The van der Waals surface area contributed by atoms with Crippen molar-refractivity contribution in [2.75, 3.05) is 12.4 Å². The molecular weight excluding hydrogens is 228 g/mol. The molecule has 0 aromatic carbocycles. The molecule has 0 saturated carbocycles. The van der Waals surface area contributed by atoms with Gasteiger partial charge in [-0.3, -0.25) is 4.79 Å². The fraction of sp³-hybridized carbons (Fsp3) is 0.600. The molecular formula is C10H16N2O3S. The van der Waals surface area contributed by atoms with E-state index in [0.29, 0.717) is 13.0 Å². The number of esters is 1. The smallest absolute Gasteiger partial charge is 0.322 e. The molecule has 1 rings (SSSR count). The van der Waals surface area contributed by atoms with E-state index in [4.69, 9.17) is 15.0 Å². The van der Waals surface area contributed by atoms with Crippen molar-refractivity contribution >= 4 is 17.7 Å². The maximum absolute atomic E-state index is 11.2. The summed E-state index contributed by atoms with van der Waals surface area (Å²) in [5, 5.41) is 3.60. The van der Waals surface area contributed by atoms with Gasteiger partial charge in [-0.1, -0.05) is 5.16 Å². The molecule has 0 aliphatic rings. The van der Waals surface area contributed by atoms with Crippen LogP contribution in [0.2, 0.25) is 0 Å². The lowest BCUT2D eigenvalue weighted by Gasteiger charge is -2.09. The van der Waals surface area contributed by atoms with Crippen LogP contribution in [-0.4, -0.2) is 29.5 Å². The predicted molar refractivity (Wildman–Crippen MR) is 61.9 cm³/mol. The third-order valence-electron chi connectivity index (χ3n) is 1.91. The number of carbonyl (C=O) groups is 1. The number of aromatic nitrogens is 1. The standard InChI is InChI=1S/C10H16N2O3S/c1-2-14-10(13)9(11)3-4-16-7-8-5-12-15-6-8/h5-6,9H,2-4,7,11H2,1H3. The zero-order chi connectivity index (χ0) is 11.8. The highest BCUT2D eigenvalue weighted by Crippen LogP contribution is 2.12. The molecule has 0 amide bonds. The largest absolute Gasteiger partial charge is 0.465 e. The Morgan fingerprint density at radius 3 is 3.19 bits per heavy atom. The number of ether oxygens (including phenoxy) is 1. The Hall–Kier alpha value is -1.01. The van der Waals surface area contributed by atoms with Crippen LogP contribution in [0.3, 0.4) is 0 Å². The average molecular weight is 244 g/mol. The van der Waals surface area contributed by atoms with Gasteiger partial charge in [-0.2, -0.15) is 11.8 Å². The molecule has 0 aliphatic carbocycles. The third kappa shape index (κ3) is 4.67. The van der Waals surface area contributed by atoms with Gasteiger partial charge in [-0.15, -0.1) is 0 Å². The first kappa shape index (κ1) is 13.1. The summed E-state index contributed by atoms with van der Waals surface area (Å²) in [6.45, 7) is 2.14. The molecule has 1 aromatic rings. The molecule has 0 radical (unpaired) electrons. The van der Waals surface area contributed by atoms with Crippen molar-refractivity contribution in [2.24, 2.45) is 5.73 Å². The molecule has 2 N–H and O–H groups in total. The molecule has 0 fully saturated rings. The van der Waals surface area contributed by atoms with Crippen molar-refractivity contribution in [3.05, 3.63) is 18.0 Å². The van der Waals surface area contributed by atoms with Crippen LogP contribution in [0.4, 0.5) is 0 Å². The molecule has 0 saturated heterocycles. The zero-order valence-electron chi connectivity index (χ0n) is 9.22. The second kappa shape index (κ2) is 7.29. The summed E-state index contributed by atoms with van der Waals surface area (Å²) < 4.78 is 9.51. The number of thioether (sulfide) groups is 1. The Labute approximate surface area is 98.7 Å². The van der Waals surface area contributed by atoms with E-state index in [1.54, 1.807) is 31.1 Å². The van der Waals surface area contributed by atoms with Gasteiger partial charge in [0, 0.05) is 11.3 Å². The van der Waals surface area contributed by atoms with Crippen molar-refractivity contribution in [1.82, 2.24) is 5.16 Å². The highest BCUT2D eigenvalue weighted by Gasteiger charge is 2.13. The number of nitrogens with zero attached hydrogens (tertiary/aromatic N) is 1. The Kier molecular flexibility index (Phi) is 5.95. The van der Waals surface area contributed by atoms with E-state index >= 15 is 0 Å². The molecule has 0 spiro atoms. The molecule has 1 heterocycles. The lowest BCUT2D eigenvalue weighted by atomic mass is 10.2. The van der Waals surface area contributed by atoms with Crippen LogP contribution in [-0.2, 0) is 15.3 Å². The SMILES string of the molecule is CCOC(=O)C(N)CCSCc1cnoc1. The van der Waals surface area contributed by atoms with Gasteiger partial charge in [0.1, 0.15) is 12.3 Å². The summed E-state index contributed by atoms with van der Waals surface area (Å²) in [4.78, 5) is 11.2. The summed E-state index contributed by atoms with van der Waals surface area (Å²) in [6, 6.07) is -0.519. The first-order valence-corrected chi connectivity index (χ1v) is 6.27. The second-order valence-electron chi connectivity index (χ2n) is 3.23. The van der Waals surface area contributed by atoms with Crippen molar-refractivity contribution in [1.29, 1.82) is 0 Å². The van der Waals surface area contributed by atoms with E-state index in [9.17, 15) is 4.79 Å². The molecule has 16 heavy (non-hydrogen) atoms. The summed E-state index contributed by atoms with van der Waals surface area (Å²) >= 11 is 1.69. The van der Waals surface area contributed by atoms with Crippen LogP contribution in [0.5, 0.6) is 0 Å². The highest BCUT2D eigenvalue weighted by molar-refractivity contribution is 7.98. The lowest BCUT2D eigenvalue weighted by molar-refractivity contribution is -0.144. The van der Waals surface area contributed by atoms with E-state index in [2.05, 4.69) is 5.16 Å². The molecule has 1 unspecified atom stereocenters. The van der Waals surface area contributed by atoms with E-state index in [1.165, 1.54) is 0 Å². The molecule has 90 valence electrons. The van der Waals surface area contributed by atoms with Crippen molar-refractivity contribution in [3.63, 3.8) is 0 Å². The summed E-state index contributed by atoms with van der Waals surface area (Å²) in [5.41, 5.74) is 6.68. The Morgan fingerprint density at radius 1 is 1.75 bits per heavy atom. The third-order valence-corrected chi connectivity index (χ3v) is 2.98. The monoisotopic (exact) mass is 244 g/mol. The Balaban J connectivity index is 2.08. The van der Waals surface area contributed by atoms with Crippen LogP contribution in [0.1, 0.15) is 18.9 Å². The van der Waals surface area contributed by atoms with Crippen LogP contribution >= 0.6 is 11.8 Å². The average Bonchev–Trinajstić information content (AvgIpc) is 2.77.